The summed E-state index contributed by atoms with van der Waals surface area (Å²) in [4.78, 5) is 13.7. The van der Waals surface area contributed by atoms with Crippen molar-refractivity contribution in [1.82, 2.24) is 4.90 Å². The van der Waals surface area contributed by atoms with Gasteiger partial charge in [0, 0.05) is 18.0 Å². The zero-order valence-corrected chi connectivity index (χ0v) is 8.77. The van der Waals surface area contributed by atoms with Crippen LogP contribution in [0.3, 0.4) is 0 Å². The van der Waals surface area contributed by atoms with Crippen LogP contribution >= 0.6 is 0 Å². The standard InChI is InChI=1S/C10H19NO/c1-6-10(4)7-9(2,3)11(5)8(10)12/h6-7H2,1-5H3. The minimum Gasteiger partial charge on any atom is -0.340 e. The van der Waals surface area contributed by atoms with Crippen LogP contribution in [0.1, 0.15) is 40.5 Å². The Labute approximate surface area is 74.9 Å². The minimum absolute atomic E-state index is 0.0435. The lowest BCUT2D eigenvalue weighted by molar-refractivity contribution is -0.135. The Morgan fingerprint density at radius 1 is 1.42 bits per heavy atom. The normalized spacial score (nSPS) is 34.4. The number of carbonyl (C=O) groups is 1. The molecule has 1 atom stereocenters. The van der Waals surface area contributed by atoms with Crippen molar-refractivity contribution in [3.63, 3.8) is 0 Å². The van der Waals surface area contributed by atoms with Crippen molar-refractivity contribution in [1.29, 1.82) is 0 Å². The highest BCUT2D eigenvalue weighted by molar-refractivity contribution is 5.85. The molecule has 1 saturated heterocycles. The molecule has 0 bridgehead atoms. The average Bonchev–Trinajstić information content (AvgIpc) is 2.13. The summed E-state index contributed by atoms with van der Waals surface area (Å²) in [5.74, 6) is 0.301. The molecule has 2 nitrogen and oxygen atoms in total. The Kier molecular flexibility index (Phi) is 1.97. The molecule has 0 radical (unpaired) electrons. The fourth-order valence-electron chi connectivity index (χ4n) is 2.11. The van der Waals surface area contributed by atoms with Crippen LogP contribution < -0.4 is 0 Å². The topological polar surface area (TPSA) is 20.3 Å². The number of nitrogens with zero attached hydrogens (tertiary/aromatic N) is 1. The van der Waals surface area contributed by atoms with Gasteiger partial charge in [-0.1, -0.05) is 13.8 Å². The van der Waals surface area contributed by atoms with E-state index in [1.807, 2.05) is 11.9 Å². The van der Waals surface area contributed by atoms with Crippen LogP contribution in [-0.4, -0.2) is 23.4 Å². The molecule has 0 spiro atoms. The largest absolute Gasteiger partial charge is 0.340 e. The summed E-state index contributed by atoms with van der Waals surface area (Å²) in [7, 11) is 1.91. The molecule has 0 aromatic rings. The van der Waals surface area contributed by atoms with Crippen LogP contribution in [0.2, 0.25) is 0 Å². The van der Waals surface area contributed by atoms with Crippen molar-refractivity contribution >= 4 is 5.91 Å². The van der Waals surface area contributed by atoms with Crippen molar-refractivity contribution in [2.24, 2.45) is 5.41 Å². The van der Waals surface area contributed by atoms with Gasteiger partial charge >= 0.3 is 0 Å². The molecule has 1 aliphatic heterocycles. The van der Waals surface area contributed by atoms with E-state index in [0.717, 1.165) is 12.8 Å². The van der Waals surface area contributed by atoms with Crippen LogP contribution in [0.25, 0.3) is 0 Å². The van der Waals surface area contributed by atoms with Gasteiger partial charge in [0.1, 0.15) is 0 Å². The Morgan fingerprint density at radius 2 is 1.92 bits per heavy atom. The molecule has 1 heterocycles. The maximum absolute atomic E-state index is 11.8. The van der Waals surface area contributed by atoms with E-state index < -0.39 is 0 Å². The van der Waals surface area contributed by atoms with Crippen LogP contribution in [0.4, 0.5) is 0 Å². The van der Waals surface area contributed by atoms with E-state index in [-0.39, 0.29) is 11.0 Å². The molecule has 1 fully saturated rings. The van der Waals surface area contributed by atoms with Gasteiger partial charge in [0.2, 0.25) is 5.91 Å². The predicted octanol–water partition coefficient (Wildman–Crippen LogP) is 2.04. The maximum atomic E-state index is 11.8. The van der Waals surface area contributed by atoms with Crippen LogP contribution in [0.15, 0.2) is 0 Å². The molecule has 0 aromatic carbocycles. The summed E-state index contributed by atoms with van der Waals surface area (Å²) in [6, 6.07) is 0. The van der Waals surface area contributed by atoms with Gasteiger partial charge in [0.05, 0.1) is 0 Å². The first kappa shape index (κ1) is 9.56. The van der Waals surface area contributed by atoms with Crippen molar-refractivity contribution in [2.45, 2.75) is 46.1 Å². The first-order chi connectivity index (χ1) is 5.33. The third-order valence-electron chi connectivity index (χ3n) is 3.33. The van der Waals surface area contributed by atoms with Gasteiger partial charge in [0.15, 0.2) is 0 Å². The fraction of sp³-hybridized carbons (Fsp3) is 0.900. The average molecular weight is 169 g/mol. The second kappa shape index (κ2) is 2.48. The van der Waals surface area contributed by atoms with Crippen molar-refractivity contribution in [3.05, 3.63) is 0 Å². The van der Waals surface area contributed by atoms with Crippen molar-refractivity contribution in [2.75, 3.05) is 7.05 Å². The number of likely N-dealkylation sites (tertiary alicyclic amines) is 1. The van der Waals surface area contributed by atoms with E-state index in [9.17, 15) is 4.79 Å². The number of carbonyl (C=O) groups excluding carboxylic acids is 1. The van der Waals surface area contributed by atoms with Crippen LogP contribution in [0, 0.1) is 5.41 Å². The summed E-state index contributed by atoms with van der Waals surface area (Å²) >= 11 is 0. The molecular formula is C10H19NO. The van der Waals surface area contributed by atoms with Gasteiger partial charge in [-0.3, -0.25) is 4.79 Å². The maximum Gasteiger partial charge on any atom is 0.228 e. The van der Waals surface area contributed by atoms with Gasteiger partial charge in [-0.2, -0.15) is 0 Å². The minimum atomic E-state index is -0.113. The SMILES string of the molecule is CCC1(C)CC(C)(C)N(C)C1=O. The van der Waals surface area contributed by atoms with E-state index in [2.05, 4.69) is 27.7 Å². The van der Waals surface area contributed by atoms with Gasteiger partial charge < -0.3 is 4.90 Å². The van der Waals surface area contributed by atoms with E-state index in [1.165, 1.54) is 0 Å². The predicted molar refractivity (Wildman–Crippen MR) is 49.9 cm³/mol. The van der Waals surface area contributed by atoms with E-state index in [1.54, 1.807) is 0 Å². The molecular weight excluding hydrogens is 150 g/mol. The highest BCUT2D eigenvalue weighted by atomic mass is 16.2. The second-order valence-corrected chi connectivity index (χ2v) is 4.77. The molecule has 1 aliphatic rings. The Hall–Kier alpha value is -0.530. The Bertz CT molecular complexity index is 210. The quantitative estimate of drug-likeness (QED) is 0.588. The van der Waals surface area contributed by atoms with Crippen LogP contribution in [-0.2, 0) is 4.79 Å². The molecule has 70 valence electrons. The number of hydrogen-bond donors (Lipinski definition) is 0. The Morgan fingerprint density at radius 3 is 2.08 bits per heavy atom. The molecule has 0 saturated carbocycles. The second-order valence-electron chi connectivity index (χ2n) is 4.77. The molecule has 0 N–H and O–H groups in total. The third kappa shape index (κ3) is 1.13. The fourth-order valence-corrected chi connectivity index (χ4v) is 2.11. The van der Waals surface area contributed by atoms with Gasteiger partial charge in [-0.25, -0.2) is 0 Å². The van der Waals surface area contributed by atoms with E-state index in [4.69, 9.17) is 0 Å². The van der Waals surface area contributed by atoms with Crippen molar-refractivity contribution in [3.8, 4) is 0 Å². The first-order valence-electron chi connectivity index (χ1n) is 4.62. The Balaban J connectivity index is 2.96. The van der Waals surface area contributed by atoms with Gasteiger partial charge in [-0.15, -0.1) is 0 Å². The summed E-state index contributed by atoms with van der Waals surface area (Å²) in [5, 5.41) is 0. The molecule has 1 rings (SSSR count). The molecule has 2 heteroatoms. The molecule has 1 amide bonds. The highest BCUT2D eigenvalue weighted by Gasteiger charge is 2.49. The molecule has 1 unspecified atom stereocenters. The smallest absolute Gasteiger partial charge is 0.228 e. The molecule has 12 heavy (non-hydrogen) atoms. The zero-order valence-electron chi connectivity index (χ0n) is 8.77. The summed E-state index contributed by atoms with van der Waals surface area (Å²) < 4.78 is 0. The number of amides is 1. The first-order valence-corrected chi connectivity index (χ1v) is 4.62. The summed E-state index contributed by atoms with van der Waals surface area (Å²) in [6.07, 6.45) is 1.92. The lowest BCUT2D eigenvalue weighted by Crippen LogP contribution is -2.37. The summed E-state index contributed by atoms with van der Waals surface area (Å²) in [5.41, 5.74) is -0.0694. The van der Waals surface area contributed by atoms with Crippen LogP contribution in [0.5, 0.6) is 0 Å². The highest BCUT2D eigenvalue weighted by Crippen LogP contribution is 2.43. The molecule has 0 aliphatic carbocycles. The van der Waals surface area contributed by atoms with Gasteiger partial charge in [-0.05, 0) is 26.7 Å². The zero-order chi connectivity index (χ0) is 9.57. The number of hydrogen-bond acceptors (Lipinski definition) is 1. The number of rotatable bonds is 1. The van der Waals surface area contributed by atoms with E-state index >= 15 is 0 Å². The lowest BCUT2D eigenvalue weighted by atomic mass is 9.81. The summed E-state index contributed by atoms with van der Waals surface area (Å²) in [6.45, 7) is 8.42. The van der Waals surface area contributed by atoms with Crippen molar-refractivity contribution < 1.29 is 4.79 Å². The lowest BCUT2D eigenvalue weighted by Gasteiger charge is -2.27. The van der Waals surface area contributed by atoms with E-state index in [0.29, 0.717) is 5.91 Å². The monoisotopic (exact) mass is 169 g/mol. The molecule has 0 aromatic heterocycles. The van der Waals surface area contributed by atoms with Gasteiger partial charge in [0.25, 0.3) is 0 Å². The third-order valence-corrected chi connectivity index (χ3v) is 3.33.